The van der Waals surface area contributed by atoms with Gasteiger partial charge in [-0.1, -0.05) is 42.5 Å². The quantitative estimate of drug-likeness (QED) is 0.612. The Hall–Kier alpha value is -3.71. The molecule has 174 valence electrons. The molecule has 2 aliphatic heterocycles. The Kier molecular flexibility index (Phi) is 6.02. The van der Waals surface area contributed by atoms with E-state index in [-0.39, 0.29) is 42.5 Å². The summed E-state index contributed by atoms with van der Waals surface area (Å²) in [5, 5.41) is 9.61. The molecule has 34 heavy (non-hydrogen) atoms. The number of phenols is 1. The summed E-state index contributed by atoms with van der Waals surface area (Å²) in [6.07, 6.45) is 4.21. The van der Waals surface area contributed by atoms with Crippen molar-refractivity contribution in [2.45, 2.75) is 31.4 Å². The number of rotatable bonds is 6. The van der Waals surface area contributed by atoms with Crippen LogP contribution in [0.1, 0.15) is 23.2 Å². The average Bonchev–Trinajstić information content (AvgIpc) is 3.58. The predicted molar refractivity (Wildman–Crippen MR) is 125 cm³/mol. The Balaban J connectivity index is 1.37. The second-order valence-electron chi connectivity index (χ2n) is 8.92. The van der Waals surface area contributed by atoms with Crippen molar-refractivity contribution >= 4 is 17.6 Å². The molecule has 1 aromatic heterocycles. The number of phenolic OH excluding ortho intramolecular Hbond substituents is 1. The van der Waals surface area contributed by atoms with Gasteiger partial charge in [0.15, 0.2) is 5.78 Å². The van der Waals surface area contributed by atoms with Gasteiger partial charge >= 0.3 is 0 Å². The third-order valence-electron chi connectivity index (χ3n) is 6.67. The summed E-state index contributed by atoms with van der Waals surface area (Å²) in [5.41, 5.74) is 2.77. The van der Waals surface area contributed by atoms with Gasteiger partial charge in [0.2, 0.25) is 11.8 Å². The van der Waals surface area contributed by atoms with Crippen LogP contribution in [0.15, 0.2) is 73.1 Å². The van der Waals surface area contributed by atoms with Crippen molar-refractivity contribution in [2.75, 3.05) is 13.2 Å². The maximum absolute atomic E-state index is 13.6. The maximum atomic E-state index is 13.6. The Morgan fingerprint density at radius 1 is 1.03 bits per heavy atom. The first-order valence-electron chi connectivity index (χ1n) is 11.5. The first-order valence-corrected chi connectivity index (χ1v) is 11.5. The van der Waals surface area contributed by atoms with E-state index < -0.39 is 12.0 Å². The van der Waals surface area contributed by atoms with Crippen molar-refractivity contribution in [3.63, 3.8) is 0 Å². The van der Waals surface area contributed by atoms with Crippen LogP contribution in [0.5, 0.6) is 5.75 Å². The smallest absolute Gasteiger partial charge is 0.231 e. The first-order chi connectivity index (χ1) is 16.5. The monoisotopic (exact) mass is 458 g/mol. The molecule has 2 aromatic carbocycles. The summed E-state index contributed by atoms with van der Waals surface area (Å²) in [5.74, 6) is -0.970. The molecule has 2 aliphatic rings. The van der Waals surface area contributed by atoms with Crippen LogP contribution in [0.2, 0.25) is 0 Å². The van der Waals surface area contributed by atoms with Crippen molar-refractivity contribution in [3.8, 4) is 16.9 Å². The maximum Gasteiger partial charge on any atom is 0.231 e. The zero-order valence-corrected chi connectivity index (χ0v) is 18.7. The fourth-order valence-electron chi connectivity index (χ4n) is 4.91. The molecular weight excluding hydrogens is 432 g/mol. The van der Waals surface area contributed by atoms with Crippen LogP contribution in [0.3, 0.4) is 0 Å². The van der Waals surface area contributed by atoms with Gasteiger partial charge in [-0.2, -0.15) is 0 Å². The van der Waals surface area contributed by atoms with Crippen molar-refractivity contribution in [1.29, 1.82) is 0 Å². The molecule has 3 heterocycles. The van der Waals surface area contributed by atoms with Crippen LogP contribution in [0.4, 0.5) is 0 Å². The Bertz CT molecular complexity index is 1200. The average molecular weight is 459 g/mol. The normalized spacial score (nSPS) is 20.4. The van der Waals surface area contributed by atoms with Gasteiger partial charge in [-0.05, 0) is 47.7 Å². The number of amides is 1. The molecule has 3 atom stereocenters. The zero-order chi connectivity index (χ0) is 23.7. The minimum absolute atomic E-state index is 0.00551. The van der Waals surface area contributed by atoms with E-state index in [2.05, 4.69) is 0 Å². The Morgan fingerprint density at radius 2 is 1.79 bits per heavy atom. The van der Waals surface area contributed by atoms with E-state index in [1.165, 1.54) is 4.57 Å². The van der Waals surface area contributed by atoms with E-state index in [1.54, 1.807) is 41.6 Å². The van der Waals surface area contributed by atoms with Crippen LogP contribution < -0.4 is 0 Å². The fourth-order valence-corrected chi connectivity index (χ4v) is 4.91. The molecule has 1 N–H and O–H groups in total. The van der Waals surface area contributed by atoms with Crippen LogP contribution in [-0.2, 0) is 20.7 Å². The Morgan fingerprint density at radius 3 is 2.56 bits per heavy atom. The number of aromatic hydroxyl groups is 1. The number of aromatic nitrogens is 1. The molecule has 1 amide bonds. The van der Waals surface area contributed by atoms with Crippen LogP contribution >= 0.6 is 0 Å². The van der Waals surface area contributed by atoms with Crippen LogP contribution in [0, 0.1) is 5.92 Å². The van der Waals surface area contributed by atoms with E-state index in [9.17, 15) is 19.5 Å². The number of Topliss-reactive ketones (excluding diaryl/α,β-unsaturated/α-hetero) is 1. The van der Waals surface area contributed by atoms with Crippen molar-refractivity contribution < 1.29 is 24.2 Å². The molecule has 3 unspecified atom stereocenters. The molecule has 0 radical (unpaired) electrons. The number of fused-ring (bicyclic) bond motifs is 1. The summed E-state index contributed by atoms with van der Waals surface area (Å²) >= 11 is 0. The molecular formula is C27H26N2O5. The number of carbonyl (C=O) groups is 3. The van der Waals surface area contributed by atoms with Crippen molar-refractivity contribution in [2.24, 2.45) is 5.92 Å². The van der Waals surface area contributed by atoms with E-state index in [0.29, 0.717) is 19.4 Å². The topological polar surface area (TPSA) is 88.8 Å². The zero-order valence-electron chi connectivity index (χ0n) is 18.7. The number of ketones is 1. The third kappa shape index (κ3) is 4.39. The van der Waals surface area contributed by atoms with Gasteiger partial charge < -0.3 is 14.7 Å². The molecule has 2 saturated heterocycles. The van der Waals surface area contributed by atoms with E-state index in [4.69, 9.17) is 4.74 Å². The molecule has 2 fully saturated rings. The van der Waals surface area contributed by atoms with Gasteiger partial charge in [0.25, 0.3) is 0 Å². The van der Waals surface area contributed by atoms with Crippen molar-refractivity contribution in [3.05, 3.63) is 78.6 Å². The van der Waals surface area contributed by atoms with E-state index in [1.807, 2.05) is 36.4 Å². The van der Waals surface area contributed by atoms with Crippen LogP contribution in [-0.4, -0.2) is 57.5 Å². The van der Waals surface area contributed by atoms with Gasteiger partial charge in [0, 0.05) is 25.4 Å². The highest BCUT2D eigenvalue weighted by atomic mass is 16.5. The number of benzene rings is 2. The number of hydrogen-bond acceptors (Lipinski definition) is 5. The summed E-state index contributed by atoms with van der Waals surface area (Å²) < 4.78 is 7.06. The minimum atomic E-state index is -0.633. The summed E-state index contributed by atoms with van der Waals surface area (Å²) in [4.78, 5) is 40.8. The lowest BCUT2D eigenvalue weighted by Crippen LogP contribution is -2.45. The number of nitrogens with zero attached hydrogens (tertiary/aromatic N) is 2. The first kappa shape index (κ1) is 22.1. The number of ether oxygens (including phenoxy) is 1. The molecule has 7 nitrogen and oxygen atoms in total. The number of likely N-dealkylation sites (tertiary alicyclic amines) is 1. The second kappa shape index (κ2) is 9.27. The van der Waals surface area contributed by atoms with Gasteiger partial charge in [-0.25, -0.2) is 0 Å². The summed E-state index contributed by atoms with van der Waals surface area (Å²) in [6.45, 7) is 0.480. The molecule has 0 bridgehead atoms. The van der Waals surface area contributed by atoms with Gasteiger partial charge in [0.1, 0.15) is 18.4 Å². The summed E-state index contributed by atoms with van der Waals surface area (Å²) in [7, 11) is 0. The highest BCUT2D eigenvalue weighted by Gasteiger charge is 2.48. The molecule has 0 aliphatic carbocycles. The van der Waals surface area contributed by atoms with E-state index in [0.717, 1.165) is 16.7 Å². The fraction of sp³-hybridized carbons (Fsp3) is 0.296. The standard InChI is InChI=1S/C27H26N2O5/c30-22-8-6-18(7-9-22)14-21(27(33)29-13-11-24-26(29)23(31)17-34-24)15-25(32)28-12-10-20(16-28)19-4-2-1-3-5-19/h1-10,12,16,21,24,26,30H,11,13-15,17H2. The largest absolute Gasteiger partial charge is 0.508 e. The van der Waals surface area contributed by atoms with Gasteiger partial charge in [-0.3, -0.25) is 19.0 Å². The molecule has 5 rings (SSSR count). The number of carbonyl (C=O) groups excluding carboxylic acids is 3. The second-order valence-corrected chi connectivity index (χ2v) is 8.92. The SMILES string of the molecule is O=C1COC2CCN(C(=O)C(CC(=O)n3ccc(-c4ccccc4)c3)Cc3ccc(O)cc3)C12. The van der Waals surface area contributed by atoms with Crippen LogP contribution in [0.25, 0.3) is 11.1 Å². The Labute approximate surface area is 197 Å². The highest BCUT2D eigenvalue weighted by Crippen LogP contribution is 2.30. The lowest BCUT2D eigenvalue weighted by molar-refractivity contribution is -0.139. The number of hydrogen-bond donors (Lipinski definition) is 1. The highest BCUT2D eigenvalue weighted by molar-refractivity contribution is 5.94. The molecule has 0 spiro atoms. The van der Waals surface area contributed by atoms with E-state index >= 15 is 0 Å². The lowest BCUT2D eigenvalue weighted by atomic mass is 9.93. The lowest BCUT2D eigenvalue weighted by Gasteiger charge is -2.27. The molecule has 7 heteroatoms. The molecule has 3 aromatic rings. The predicted octanol–water partition coefficient (Wildman–Crippen LogP) is 3.32. The van der Waals surface area contributed by atoms with Gasteiger partial charge in [-0.15, -0.1) is 0 Å². The molecule has 0 saturated carbocycles. The minimum Gasteiger partial charge on any atom is -0.508 e. The van der Waals surface area contributed by atoms with Crippen molar-refractivity contribution in [1.82, 2.24) is 9.47 Å². The third-order valence-corrected chi connectivity index (χ3v) is 6.67. The van der Waals surface area contributed by atoms with Gasteiger partial charge in [0.05, 0.1) is 12.0 Å². The summed E-state index contributed by atoms with van der Waals surface area (Å²) in [6, 6.07) is 17.7.